The van der Waals surface area contributed by atoms with E-state index in [0.29, 0.717) is 5.92 Å². The number of carbonyl (C=O) groups is 1. The summed E-state index contributed by atoms with van der Waals surface area (Å²) in [5.74, 6) is 0.970. The van der Waals surface area contributed by atoms with Crippen molar-refractivity contribution in [1.29, 1.82) is 0 Å². The van der Waals surface area contributed by atoms with Crippen molar-refractivity contribution < 1.29 is 35.9 Å². The van der Waals surface area contributed by atoms with E-state index in [9.17, 15) is 11.3 Å². The maximum absolute atomic E-state index is 11.7. The Morgan fingerprint density at radius 3 is 2.16 bits per heavy atom. The predicted molar refractivity (Wildman–Crippen MR) is 220 cm³/mol. The van der Waals surface area contributed by atoms with Crippen LogP contribution in [0.3, 0.4) is 0 Å². The molecule has 0 amide bonds. The molecule has 2 aliphatic heterocycles. The minimum absolute atomic E-state index is 0. The number of rotatable bonds is 10. The number of benzene rings is 3. The molecule has 1 radical (unpaired) electrons. The van der Waals surface area contributed by atoms with Crippen LogP contribution in [0.4, 0.5) is 0 Å². The van der Waals surface area contributed by atoms with Crippen molar-refractivity contribution in [2.75, 3.05) is 0 Å². The van der Waals surface area contributed by atoms with Crippen LogP contribution in [0.15, 0.2) is 72.6 Å². The SMILES string of the molecule is CCC(CC)C(=O)/C=C(\O)C(CC)CC.[2H]C1=C(c2ccc([Si](C)(C)C)cc2)[Si]2(C)Cc3c([c-]c4ccccc4c3C(C)C)-c3c2c1cc[n+]3C.[Ir]. The number of fused-ring (bicyclic) bond motifs is 3. The first-order chi connectivity index (χ1) is 24.1. The molecular formula is C45H59IrNO2Si2. The van der Waals surface area contributed by atoms with E-state index in [1.807, 2.05) is 27.7 Å². The first kappa shape index (κ1) is 39.3. The van der Waals surface area contributed by atoms with E-state index in [1.54, 1.807) is 0 Å². The van der Waals surface area contributed by atoms with Crippen molar-refractivity contribution in [3.63, 3.8) is 0 Å². The summed E-state index contributed by atoms with van der Waals surface area (Å²) in [6.45, 7) is 22.4. The Morgan fingerprint density at radius 1 is 0.980 bits per heavy atom. The van der Waals surface area contributed by atoms with Gasteiger partial charge in [-0.2, -0.15) is 0 Å². The smallest absolute Gasteiger partial charge is 0.162 e. The normalized spacial score (nSPS) is 16.9. The summed E-state index contributed by atoms with van der Waals surface area (Å²) in [5, 5.41) is 16.5. The van der Waals surface area contributed by atoms with Gasteiger partial charge in [0, 0.05) is 44.1 Å². The van der Waals surface area contributed by atoms with Crippen molar-refractivity contribution >= 4 is 54.3 Å². The van der Waals surface area contributed by atoms with Crippen molar-refractivity contribution in [3.8, 4) is 11.3 Å². The largest absolute Gasteiger partial charge is 0.512 e. The molecule has 0 bridgehead atoms. The van der Waals surface area contributed by atoms with Gasteiger partial charge in [-0.15, -0.1) is 28.6 Å². The average molecular weight is 895 g/mol. The van der Waals surface area contributed by atoms with Crippen LogP contribution in [-0.4, -0.2) is 27.0 Å². The fraction of sp³-hybridized carbons (Fsp3) is 0.422. The van der Waals surface area contributed by atoms with Crippen molar-refractivity contribution in [2.45, 2.75) is 105 Å². The molecular weight excluding hydrogens is 835 g/mol. The summed E-state index contributed by atoms with van der Waals surface area (Å²) in [7, 11) is -1.43. The summed E-state index contributed by atoms with van der Waals surface area (Å²) in [6, 6.07) is 25.9. The molecule has 0 aliphatic carbocycles. The van der Waals surface area contributed by atoms with Crippen LogP contribution >= 0.6 is 0 Å². The molecule has 3 nitrogen and oxygen atoms in total. The van der Waals surface area contributed by atoms with Crippen LogP contribution in [0.2, 0.25) is 26.2 Å². The fourth-order valence-corrected chi connectivity index (χ4v) is 13.8. The second-order valence-corrected chi connectivity index (χ2v) is 25.1. The Morgan fingerprint density at radius 2 is 1.59 bits per heavy atom. The van der Waals surface area contributed by atoms with Gasteiger partial charge in [-0.25, -0.2) is 4.57 Å². The molecule has 3 aromatic carbocycles. The molecule has 0 saturated heterocycles. The second-order valence-electron chi connectivity index (χ2n) is 16.0. The van der Waals surface area contributed by atoms with Crippen LogP contribution < -0.4 is 14.9 Å². The number of ketones is 1. The summed E-state index contributed by atoms with van der Waals surface area (Å²) in [6.07, 6.45) is 7.06. The molecule has 273 valence electrons. The van der Waals surface area contributed by atoms with Gasteiger partial charge in [-0.3, -0.25) is 4.79 Å². The molecule has 4 aromatic rings. The topological polar surface area (TPSA) is 41.2 Å². The molecule has 0 fully saturated rings. The third kappa shape index (κ3) is 7.90. The summed E-state index contributed by atoms with van der Waals surface area (Å²) in [4.78, 5) is 11.7. The first-order valence-electron chi connectivity index (χ1n) is 19.4. The van der Waals surface area contributed by atoms with Gasteiger partial charge in [-0.1, -0.05) is 133 Å². The molecule has 6 rings (SSSR count). The Balaban J connectivity index is 0.000000323. The zero-order chi connectivity index (χ0) is 37.4. The predicted octanol–water partition coefficient (Wildman–Crippen LogP) is 10.1. The van der Waals surface area contributed by atoms with E-state index in [4.69, 9.17) is 0 Å². The Labute approximate surface area is 325 Å². The van der Waals surface area contributed by atoms with E-state index in [0.717, 1.165) is 43.3 Å². The zero-order valence-corrected chi connectivity index (χ0v) is 37.1. The minimum atomic E-state index is -2.22. The molecule has 0 spiro atoms. The summed E-state index contributed by atoms with van der Waals surface area (Å²) >= 11 is 0. The third-order valence-electron chi connectivity index (χ3n) is 11.3. The monoisotopic (exact) mass is 895 g/mol. The second kappa shape index (κ2) is 16.4. The molecule has 1 unspecified atom stereocenters. The average Bonchev–Trinajstić information content (AvgIpc) is 3.31. The van der Waals surface area contributed by atoms with E-state index in [2.05, 4.69) is 119 Å². The number of carbonyl (C=O) groups excluding carboxylic acids is 1. The molecule has 1 atom stereocenters. The van der Waals surface area contributed by atoms with Crippen LogP contribution in [0.5, 0.6) is 0 Å². The fourth-order valence-electron chi connectivity index (χ4n) is 8.23. The first-order valence-corrected chi connectivity index (χ1v) is 25.1. The Hall–Kier alpha value is -2.90. The molecule has 0 saturated carbocycles. The number of aromatic nitrogens is 1. The van der Waals surface area contributed by atoms with Crippen LogP contribution in [-0.2, 0) is 38.0 Å². The number of nitrogens with zero attached hydrogens (tertiary/aromatic N) is 1. The van der Waals surface area contributed by atoms with Gasteiger partial charge in [-0.05, 0) is 58.7 Å². The Kier molecular flexibility index (Phi) is 12.7. The van der Waals surface area contributed by atoms with Crippen LogP contribution in [0.1, 0.15) is 96.8 Å². The van der Waals surface area contributed by atoms with E-state index in [-0.39, 0.29) is 43.5 Å². The molecule has 1 N–H and O–H groups in total. The molecule has 6 heteroatoms. The van der Waals surface area contributed by atoms with Gasteiger partial charge in [0.2, 0.25) is 0 Å². The maximum atomic E-state index is 11.7. The quantitative estimate of drug-likeness (QED) is 0.0567. The van der Waals surface area contributed by atoms with Crippen LogP contribution in [0, 0.1) is 17.9 Å². The number of hydrogen-bond acceptors (Lipinski definition) is 2. The van der Waals surface area contributed by atoms with Crippen molar-refractivity contribution in [3.05, 3.63) is 101 Å². The number of aliphatic hydroxyl groups is 1. The van der Waals surface area contributed by atoms with Crippen LogP contribution in [0.25, 0.3) is 33.3 Å². The van der Waals surface area contributed by atoms with E-state index < -0.39 is 16.1 Å². The number of allylic oxidation sites excluding steroid dienone is 2. The van der Waals surface area contributed by atoms with E-state index in [1.165, 1.54) is 60.4 Å². The number of hydrogen-bond donors (Lipinski definition) is 1. The van der Waals surface area contributed by atoms with Gasteiger partial charge >= 0.3 is 0 Å². The van der Waals surface area contributed by atoms with Gasteiger partial charge in [0.1, 0.15) is 20.8 Å². The maximum Gasteiger partial charge on any atom is 0.162 e. The molecule has 2 aliphatic rings. The summed E-state index contributed by atoms with van der Waals surface area (Å²) < 4.78 is 11.7. The minimum Gasteiger partial charge on any atom is -0.512 e. The molecule has 3 heterocycles. The Bertz CT molecular complexity index is 2000. The van der Waals surface area contributed by atoms with Gasteiger partial charge in [0.25, 0.3) is 0 Å². The van der Waals surface area contributed by atoms with Crippen molar-refractivity contribution in [2.24, 2.45) is 18.9 Å². The number of pyridine rings is 1. The van der Waals surface area contributed by atoms with E-state index >= 15 is 0 Å². The van der Waals surface area contributed by atoms with Crippen molar-refractivity contribution in [1.82, 2.24) is 0 Å². The third-order valence-corrected chi connectivity index (χ3v) is 17.5. The number of aryl methyl sites for hydroxylation is 1. The molecule has 1 aromatic heterocycles. The molecule has 51 heavy (non-hydrogen) atoms. The standard InChI is InChI=1S/C32H35NSi2.C13H24O2.Ir/c1-21(2)30-26-11-9-8-10-23(26)18-27-28(30)20-35(7)29(19-24-16-17-33(3)31(27)32(24)35)22-12-14-25(15-13-22)34(4,5)6;1-5-10(6-2)12(14)9-13(15)11(7-3)8-4;/h8-17,19,21H,20H2,1-7H3;9-11,14H,5-8H2,1-4H3;/b;12-9-;/i19D;;. The zero-order valence-electron chi connectivity index (χ0n) is 33.8. The van der Waals surface area contributed by atoms with Gasteiger partial charge < -0.3 is 5.11 Å². The van der Waals surface area contributed by atoms with Gasteiger partial charge in [0.05, 0.1) is 15.2 Å². The summed E-state index contributed by atoms with van der Waals surface area (Å²) in [5.41, 5.74) is 7.86. The number of aliphatic hydroxyl groups excluding tert-OH is 1. The van der Waals surface area contributed by atoms with Gasteiger partial charge in [0.15, 0.2) is 12.0 Å².